The fourth-order valence-electron chi connectivity index (χ4n) is 2.19. The Kier molecular flexibility index (Phi) is 3.35. The van der Waals surface area contributed by atoms with Gasteiger partial charge in [0.2, 0.25) is 0 Å². The van der Waals surface area contributed by atoms with Gasteiger partial charge in [-0.25, -0.2) is 9.97 Å². The van der Waals surface area contributed by atoms with Gasteiger partial charge >= 0.3 is 0 Å². The largest absolute Gasteiger partial charge is 0.494 e. The van der Waals surface area contributed by atoms with Crippen LogP contribution in [0.25, 0.3) is 16.8 Å². The van der Waals surface area contributed by atoms with Crippen LogP contribution in [0.5, 0.6) is 5.75 Å². The van der Waals surface area contributed by atoms with Gasteiger partial charge < -0.3 is 10.5 Å². The molecule has 0 amide bonds. The molecule has 5 nitrogen and oxygen atoms in total. The Morgan fingerprint density at radius 1 is 1.35 bits per heavy atom. The molecule has 0 aliphatic heterocycles. The minimum Gasteiger partial charge on any atom is -0.494 e. The molecule has 0 unspecified atom stereocenters. The van der Waals surface area contributed by atoms with Gasteiger partial charge in [0.25, 0.3) is 0 Å². The predicted octanol–water partition coefficient (Wildman–Crippen LogP) is 2.25. The van der Waals surface area contributed by atoms with Crippen LogP contribution in [0, 0.1) is 0 Å². The van der Waals surface area contributed by atoms with Gasteiger partial charge in [-0.1, -0.05) is 12.1 Å². The van der Waals surface area contributed by atoms with Crippen LogP contribution in [0.1, 0.15) is 12.6 Å². The lowest BCUT2D eigenvalue weighted by molar-refractivity contribution is 0.340. The van der Waals surface area contributed by atoms with Crippen LogP contribution in [0.4, 0.5) is 0 Å². The number of hydrogen-bond donors (Lipinski definition) is 1. The van der Waals surface area contributed by atoms with Crippen molar-refractivity contribution in [1.82, 2.24) is 14.4 Å². The van der Waals surface area contributed by atoms with Crippen LogP contribution in [0.3, 0.4) is 0 Å². The number of nitrogens with two attached hydrogens (primary N) is 1. The fourth-order valence-corrected chi connectivity index (χ4v) is 2.19. The summed E-state index contributed by atoms with van der Waals surface area (Å²) in [7, 11) is 0. The molecule has 1 aromatic carbocycles. The van der Waals surface area contributed by atoms with Crippen molar-refractivity contribution < 1.29 is 4.74 Å². The zero-order valence-corrected chi connectivity index (χ0v) is 11.3. The summed E-state index contributed by atoms with van der Waals surface area (Å²) in [5, 5.41) is 0. The predicted molar refractivity (Wildman–Crippen MR) is 77.5 cm³/mol. The van der Waals surface area contributed by atoms with Crippen molar-refractivity contribution in [2.24, 2.45) is 5.73 Å². The lowest BCUT2D eigenvalue weighted by atomic mass is 10.1. The Morgan fingerprint density at radius 3 is 3.05 bits per heavy atom. The number of fused-ring (bicyclic) bond motifs is 1. The summed E-state index contributed by atoms with van der Waals surface area (Å²) in [6, 6.07) is 7.93. The van der Waals surface area contributed by atoms with Crippen LogP contribution in [-0.4, -0.2) is 21.0 Å². The van der Waals surface area contributed by atoms with Gasteiger partial charge in [0.15, 0.2) is 0 Å². The molecule has 0 aliphatic carbocycles. The molecule has 102 valence electrons. The summed E-state index contributed by atoms with van der Waals surface area (Å²) in [5.74, 6) is 0.845. The van der Waals surface area contributed by atoms with E-state index in [1.54, 1.807) is 6.33 Å². The van der Waals surface area contributed by atoms with Gasteiger partial charge in [0.1, 0.15) is 17.7 Å². The van der Waals surface area contributed by atoms with E-state index in [0.717, 1.165) is 28.2 Å². The Bertz CT molecular complexity index is 736. The molecule has 2 aromatic heterocycles. The molecule has 3 rings (SSSR count). The first-order valence-electron chi connectivity index (χ1n) is 6.56. The number of nitrogens with zero attached hydrogens (tertiary/aromatic N) is 3. The average Bonchev–Trinajstić information content (AvgIpc) is 2.91. The van der Waals surface area contributed by atoms with E-state index in [1.807, 2.05) is 48.0 Å². The molecule has 0 spiro atoms. The molecular weight excluding hydrogens is 252 g/mol. The highest BCUT2D eigenvalue weighted by atomic mass is 16.5. The van der Waals surface area contributed by atoms with Crippen molar-refractivity contribution in [2.75, 3.05) is 6.61 Å². The summed E-state index contributed by atoms with van der Waals surface area (Å²) in [5.41, 5.74) is 9.35. The van der Waals surface area contributed by atoms with E-state index in [1.165, 1.54) is 0 Å². The normalized spacial score (nSPS) is 10.9. The maximum absolute atomic E-state index is 5.65. The number of aromatic nitrogens is 3. The van der Waals surface area contributed by atoms with E-state index in [-0.39, 0.29) is 0 Å². The number of rotatable bonds is 4. The number of benzene rings is 1. The molecule has 2 N–H and O–H groups in total. The SMILES string of the molecule is CCOc1cccc(-c2cncn3cc(CN)nc23)c1. The first-order chi connectivity index (χ1) is 9.81. The number of ether oxygens (including phenoxy) is 1. The zero-order chi connectivity index (χ0) is 13.9. The van der Waals surface area contributed by atoms with Crippen LogP contribution < -0.4 is 10.5 Å². The monoisotopic (exact) mass is 268 g/mol. The molecule has 0 atom stereocenters. The molecule has 0 aliphatic rings. The molecule has 0 saturated heterocycles. The second-order valence-electron chi connectivity index (χ2n) is 4.44. The molecule has 2 heterocycles. The van der Waals surface area contributed by atoms with Crippen LogP contribution in [0.2, 0.25) is 0 Å². The average molecular weight is 268 g/mol. The minimum atomic E-state index is 0.417. The minimum absolute atomic E-state index is 0.417. The third kappa shape index (κ3) is 2.23. The van der Waals surface area contributed by atoms with Crippen molar-refractivity contribution in [3.8, 4) is 16.9 Å². The maximum Gasteiger partial charge on any atom is 0.147 e. The first kappa shape index (κ1) is 12.6. The topological polar surface area (TPSA) is 65.4 Å². The third-order valence-electron chi connectivity index (χ3n) is 3.08. The fraction of sp³-hybridized carbons (Fsp3) is 0.200. The standard InChI is InChI=1S/C15H16N4O/c1-2-20-13-5-3-4-11(6-13)14-8-17-10-19-9-12(7-16)18-15(14)19/h3-6,8-10H,2,7,16H2,1H3. The Balaban J connectivity index is 2.13. The molecule has 0 bridgehead atoms. The molecule has 3 aromatic rings. The highest BCUT2D eigenvalue weighted by Gasteiger charge is 2.09. The van der Waals surface area contributed by atoms with E-state index >= 15 is 0 Å². The van der Waals surface area contributed by atoms with Crippen LogP contribution >= 0.6 is 0 Å². The number of hydrogen-bond acceptors (Lipinski definition) is 4. The summed E-state index contributed by atoms with van der Waals surface area (Å²) >= 11 is 0. The quantitative estimate of drug-likeness (QED) is 0.788. The van der Waals surface area contributed by atoms with Gasteiger partial charge in [-0.15, -0.1) is 0 Å². The van der Waals surface area contributed by atoms with E-state index in [9.17, 15) is 0 Å². The molecule has 5 heteroatoms. The molecule has 0 fully saturated rings. The smallest absolute Gasteiger partial charge is 0.147 e. The highest BCUT2D eigenvalue weighted by Crippen LogP contribution is 2.26. The summed E-state index contributed by atoms with van der Waals surface area (Å²) in [6.07, 6.45) is 5.45. The highest BCUT2D eigenvalue weighted by molar-refractivity contribution is 5.77. The van der Waals surface area contributed by atoms with Crippen molar-refractivity contribution >= 4 is 5.65 Å². The van der Waals surface area contributed by atoms with Crippen molar-refractivity contribution in [3.63, 3.8) is 0 Å². The second kappa shape index (κ2) is 5.30. The van der Waals surface area contributed by atoms with Crippen molar-refractivity contribution in [2.45, 2.75) is 13.5 Å². The Morgan fingerprint density at radius 2 is 2.25 bits per heavy atom. The summed E-state index contributed by atoms with van der Waals surface area (Å²) in [6.45, 7) is 3.03. The third-order valence-corrected chi connectivity index (χ3v) is 3.08. The van der Waals surface area contributed by atoms with Gasteiger partial charge in [-0.2, -0.15) is 0 Å². The lowest BCUT2D eigenvalue weighted by Gasteiger charge is -2.06. The second-order valence-corrected chi connectivity index (χ2v) is 4.44. The van der Waals surface area contributed by atoms with E-state index in [0.29, 0.717) is 13.2 Å². The number of imidazole rings is 1. The summed E-state index contributed by atoms with van der Waals surface area (Å²) < 4.78 is 7.43. The molecule has 0 radical (unpaired) electrons. The van der Waals surface area contributed by atoms with Crippen LogP contribution in [0.15, 0.2) is 43.0 Å². The van der Waals surface area contributed by atoms with Gasteiger partial charge in [-0.3, -0.25) is 4.40 Å². The van der Waals surface area contributed by atoms with Crippen LogP contribution in [-0.2, 0) is 6.54 Å². The lowest BCUT2D eigenvalue weighted by Crippen LogP contribution is -1.95. The molecular formula is C15H16N4O. The van der Waals surface area contributed by atoms with Crippen molar-refractivity contribution in [1.29, 1.82) is 0 Å². The van der Waals surface area contributed by atoms with Gasteiger partial charge in [0, 0.05) is 24.5 Å². The Labute approximate surface area is 117 Å². The maximum atomic E-state index is 5.65. The molecule has 20 heavy (non-hydrogen) atoms. The van der Waals surface area contributed by atoms with Gasteiger partial charge in [0.05, 0.1) is 12.3 Å². The van der Waals surface area contributed by atoms with E-state index < -0.39 is 0 Å². The van der Waals surface area contributed by atoms with Gasteiger partial charge in [-0.05, 0) is 24.6 Å². The zero-order valence-electron chi connectivity index (χ0n) is 11.3. The molecule has 0 saturated carbocycles. The first-order valence-corrected chi connectivity index (χ1v) is 6.56. The summed E-state index contributed by atoms with van der Waals surface area (Å²) in [4.78, 5) is 8.79. The van der Waals surface area contributed by atoms with Crippen molar-refractivity contribution in [3.05, 3.63) is 48.7 Å². The van der Waals surface area contributed by atoms with E-state index in [2.05, 4.69) is 9.97 Å². The van der Waals surface area contributed by atoms with E-state index in [4.69, 9.17) is 10.5 Å². The Hall–Kier alpha value is -2.40.